The van der Waals surface area contributed by atoms with Crippen molar-refractivity contribution < 1.29 is 4.74 Å². The highest BCUT2D eigenvalue weighted by Gasteiger charge is 2.02. The molecule has 0 saturated heterocycles. The van der Waals surface area contributed by atoms with Gasteiger partial charge in [-0.15, -0.1) is 6.58 Å². The fourth-order valence-corrected chi connectivity index (χ4v) is 4.02. The van der Waals surface area contributed by atoms with Gasteiger partial charge in [-0.25, -0.2) is 0 Å². The van der Waals surface area contributed by atoms with Crippen LogP contribution in [0, 0.1) is 0 Å². The van der Waals surface area contributed by atoms with Gasteiger partial charge in [0, 0.05) is 6.61 Å². The van der Waals surface area contributed by atoms with E-state index in [1.165, 1.54) is 58.7 Å². The van der Waals surface area contributed by atoms with E-state index in [0.717, 1.165) is 25.9 Å². The van der Waals surface area contributed by atoms with E-state index >= 15 is 0 Å². The van der Waals surface area contributed by atoms with Crippen molar-refractivity contribution in [2.24, 2.45) is 0 Å². The van der Waals surface area contributed by atoms with Crippen molar-refractivity contribution in [2.45, 2.75) is 64.9 Å². The van der Waals surface area contributed by atoms with Crippen LogP contribution in [0.2, 0.25) is 0 Å². The highest BCUT2D eigenvalue weighted by atomic mass is 16.5. The maximum Gasteiger partial charge on any atom is 0.0547 e. The molecule has 0 saturated carbocycles. The molecule has 3 rings (SSSR count). The molecule has 0 spiro atoms. The lowest BCUT2D eigenvalue weighted by atomic mass is 9.98. The van der Waals surface area contributed by atoms with Crippen LogP contribution in [0.3, 0.4) is 0 Å². The molecule has 0 amide bonds. The van der Waals surface area contributed by atoms with Crippen LogP contribution in [0.25, 0.3) is 28.0 Å². The van der Waals surface area contributed by atoms with Gasteiger partial charge in [0.25, 0.3) is 0 Å². The second-order valence-corrected chi connectivity index (χ2v) is 8.73. The Morgan fingerprint density at radius 1 is 0.875 bits per heavy atom. The van der Waals surface area contributed by atoms with Crippen LogP contribution in [0.5, 0.6) is 0 Å². The standard InChI is InChI=1S/C31H38O/c1-4-6-10-22-32-25(3)12-8-7-9-13-26-14-17-28(18-15-26)30-21-20-29-23-27(11-5-2)16-19-31(29)24-30/h5,9,13-21,23-25H,2,4,6-8,10-12,22H2,1,3H3. The second kappa shape index (κ2) is 13.0. The molecule has 1 unspecified atom stereocenters. The van der Waals surface area contributed by atoms with Crippen LogP contribution in [-0.2, 0) is 11.2 Å². The fraction of sp³-hybridized carbons (Fsp3) is 0.355. The zero-order valence-corrected chi connectivity index (χ0v) is 19.9. The van der Waals surface area contributed by atoms with Crippen molar-refractivity contribution in [2.75, 3.05) is 6.61 Å². The van der Waals surface area contributed by atoms with Crippen molar-refractivity contribution in [1.82, 2.24) is 0 Å². The van der Waals surface area contributed by atoms with Gasteiger partial charge < -0.3 is 4.74 Å². The first-order chi connectivity index (χ1) is 15.7. The molecule has 168 valence electrons. The lowest BCUT2D eigenvalue weighted by Gasteiger charge is -2.12. The van der Waals surface area contributed by atoms with Gasteiger partial charge in [-0.2, -0.15) is 0 Å². The maximum atomic E-state index is 5.88. The summed E-state index contributed by atoms with van der Waals surface area (Å²) in [6.45, 7) is 9.17. The Labute approximate surface area is 194 Å². The summed E-state index contributed by atoms with van der Waals surface area (Å²) in [6.07, 6.45) is 14.9. The topological polar surface area (TPSA) is 9.23 Å². The van der Waals surface area contributed by atoms with E-state index in [1.807, 2.05) is 6.08 Å². The van der Waals surface area contributed by atoms with Gasteiger partial charge in [0.1, 0.15) is 0 Å². The Morgan fingerprint density at radius 2 is 1.62 bits per heavy atom. The number of hydrogen-bond acceptors (Lipinski definition) is 1. The molecule has 3 aromatic rings. The molecule has 0 bridgehead atoms. The first-order valence-corrected chi connectivity index (χ1v) is 12.2. The van der Waals surface area contributed by atoms with Crippen LogP contribution < -0.4 is 0 Å². The minimum absolute atomic E-state index is 0.370. The van der Waals surface area contributed by atoms with Crippen molar-refractivity contribution in [3.8, 4) is 11.1 Å². The van der Waals surface area contributed by atoms with E-state index in [-0.39, 0.29) is 0 Å². The highest BCUT2D eigenvalue weighted by Crippen LogP contribution is 2.26. The first kappa shape index (κ1) is 24.0. The quantitative estimate of drug-likeness (QED) is 0.196. The average Bonchev–Trinajstić information content (AvgIpc) is 2.82. The van der Waals surface area contributed by atoms with E-state index in [1.54, 1.807) is 0 Å². The molecule has 0 aromatic heterocycles. The average molecular weight is 427 g/mol. The molecule has 0 aliphatic carbocycles. The Kier molecular flexibility index (Phi) is 9.78. The molecule has 0 aliphatic heterocycles. The second-order valence-electron chi connectivity index (χ2n) is 8.73. The van der Waals surface area contributed by atoms with Gasteiger partial charge in [0.05, 0.1) is 6.10 Å². The first-order valence-electron chi connectivity index (χ1n) is 12.2. The summed E-state index contributed by atoms with van der Waals surface area (Å²) in [5.74, 6) is 0. The number of hydrogen-bond donors (Lipinski definition) is 0. The molecular weight excluding hydrogens is 388 g/mol. The van der Waals surface area contributed by atoms with Crippen LogP contribution >= 0.6 is 0 Å². The smallest absolute Gasteiger partial charge is 0.0547 e. The molecule has 1 nitrogen and oxygen atoms in total. The number of benzene rings is 3. The summed E-state index contributed by atoms with van der Waals surface area (Å²) >= 11 is 0. The highest BCUT2D eigenvalue weighted by molar-refractivity contribution is 5.88. The summed E-state index contributed by atoms with van der Waals surface area (Å²) in [7, 11) is 0. The Hall–Kier alpha value is -2.64. The van der Waals surface area contributed by atoms with Gasteiger partial charge in [-0.1, -0.05) is 92.6 Å². The van der Waals surface area contributed by atoms with Gasteiger partial charge >= 0.3 is 0 Å². The summed E-state index contributed by atoms with van der Waals surface area (Å²) in [5.41, 5.74) is 5.09. The number of rotatable bonds is 13. The number of allylic oxidation sites excluding steroid dienone is 2. The van der Waals surface area contributed by atoms with Crippen LogP contribution in [0.15, 0.2) is 79.4 Å². The molecule has 1 atom stereocenters. The summed E-state index contributed by atoms with van der Waals surface area (Å²) in [5, 5.41) is 2.57. The number of unbranched alkanes of at least 4 members (excludes halogenated alkanes) is 3. The van der Waals surface area contributed by atoms with Crippen LogP contribution in [0.4, 0.5) is 0 Å². The zero-order chi connectivity index (χ0) is 22.6. The van der Waals surface area contributed by atoms with Gasteiger partial charge in [0.2, 0.25) is 0 Å². The van der Waals surface area contributed by atoms with Crippen molar-refractivity contribution in [3.05, 3.63) is 90.5 Å². The van der Waals surface area contributed by atoms with Crippen LogP contribution in [-0.4, -0.2) is 12.7 Å². The third kappa shape index (κ3) is 7.50. The third-order valence-electron chi connectivity index (χ3n) is 5.97. The number of fused-ring (bicyclic) bond motifs is 1. The number of ether oxygens (including phenoxy) is 1. The molecular formula is C31H38O. The Bertz CT molecular complexity index is 997. The van der Waals surface area contributed by atoms with Crippen molar-refractivity contribution >= 4 is 16.8 Å². The lowest BCUT2D eigenvalue weighted by Crippen LogP contribution is -2.08. The summed E-state index contributed by atoms with van der Waals surface area (Å²) < 4.78 is 5.88. The Morgan fingerprint density at radius 3 is 2.41 bits per heavy atom. The van der Waals surface area contributed by atoms with E-state index in [9.17, 15) is 0 Å². The molecule has 0 aliphatic rings. The monoisotopic (exact) mass is 426 g/mol. The predicted octanol–water partition coefficient (Wildman–Crippen LogP) is 9.01. The van der Waals surface area contributed by atoms with E-state index in [2.05, 4.69) is 93.2 Å². The van der Waals surface area contributed by atoms with Crippen LogP contribution in [0.1, 0.15) is 63.5 Å². The molecule has 0 heterocycles. The van der Waals surface area contributed by atoms with Gasteiger partial charge in [0.15, 0.2) is 0 Å². The SMILES string of the molecule is C=CCc1ccc2cc(-c3ccc(C=CCCCC(C)OCCCCC)cc3)ccc2c1. The molecule has 0 radical (unpaired) electrons. The maximum absolute atomic E-state index is 5.88. The fourth-order valence-electron chi connectivity index (χ4n) is 4.02. The largest absolute Gasteiger partial charge is 0.379 e. The molecule has 0 fully saturated rings. The van der Waals surface area contributed by atoms with E-state index < -0.39 is 0 Å². The third-order valence-corrected chi connectivity index (χ3v) is 5.97. The minimum atomic E-state index is 0.370. The summed E-state index contributed by atoms with van der Waals surface area (Å²) in [6, 6.07) is 22.3. The Balaban J connectivity index is 1.49. The zero-order valence-electron chi connectivity index (χ0n) is 19.9. The summed E-state index contributed by atoms with van der Waals surface area (Å²) in [4.78, 5) is 0. The van der Waals surface area contributed by atoms with Gasteiger partial charge in [-0.3, -0.25) is 0 Å². The molecule has 32 heavy (non-hydrogen) atoms. The lowest BCUT2D eigenvalue weighted by molar-refractivity contribution is 0.0566. The van der Waals surface area contributed by atoms with E-state index in [4.69, 9.17) is 4.74 Å². The normalized spacial score (nSPS) is 12.4. The van der Waals surface area contributed by atoms with Gasteiger partial charge in [-0.05, 0) is 78.1 Å². The van der Waals surface area contributed by atoms with E-state index in [0.29, 0.717) is 6.10 Å². The van der Waals surface area contributed by atoms with Crippen molar-refractivity contribution in [3.63, 3.8) is 0 Å². The molecule has 3 aromatic carbocycles. The predicted molar refractivity (Wildman–Crippen MR) is 141 cm³/mol. The molecule has 1 heteroatoms. The minimum Gasteiger partial charge on any atom is -0.379 e. The molecule has 0 N–H and O–H groups in total. The van der Waals surface area contributed by atoms with Crippen molar-refractivity contribution in [1.29, 1.82) is 0 Å².